The summed E-state index contributed by atoms with van der Waals surface area (Å²) in [5.41, 5.74) is 6.10. The molecule has 0 fully saturated rings. The molecule has 0 spiro atoms. The van der Waals surface area contributed by atoms with Crippen LogP contribution in [0.25, 0.3) is 11.1 Å². The molecule has 0 aliphatic carbocycles. The minimum atomic E-state index is -0.528. The summed E-state index contributed by atoms with van der Waals surface area (Å²) < 4.78 is 11.5. The van der Waals surface area contributed by atoms with Crippen molar-refractivity contribution in [2.45, 2.75) is 32.6 Å². The van der Waals surface area contributed by atoms with Crippen LogP contribution >= 0.6 is 0 Å². The summed E-state index contributed by atoms with van der Waals surface area (Å²) in [6.07, 6.45) is 4.26. The fraction of sp³-hybridized carbons (Fsp3) is 0.269. The summed E-state index contributed by atoms with van der Waals surface area (Å²) in [7, 11) is 1.62. The van der Waals surface area contributed by atoms with Gasteiger partial charge in [-0.3, -0.25) is 10.0 Å². The number of ether oxygens (including phenoxy) is 2. The zero-order valence-corrected chi connectivity index (χ0v) is 18.1. The lowest BCUT2D eigenvalue weighted by Crippen LogP contribution is -2.19. The third-order valence-electron chi connectivity index (χ3n) is 5.36. The van der Waals surface area contributed by atoms with E-state index in [4.69, 9.17) is 14.7 Å². The van der Waals surface area contributed by atoms with Crippen molar-refractivity contribution < 1.29 is 19.5 Å². The predicted octanol–water partition coefficient (Wildman–Crippen LogP) is 5.58. The Bertz CT molecular complexity index is 1000. The highest BCUT2D eigenvalue weighted by Crippen LogP contribution is 2.34. The lowest BCUT2D eigenvalue weighted by Gasteiger charge is -2.15. The molecular weight excluding hydrogens is 390 g/mol. The molecule has 0 aromatic heterocycles. The van der Waals surface area contributed by atoms with E-state index in [1.54, 1.807) is 24.7 Å². The van der Waals surface area contributed by atoms with Crippen LogP contribution in [0.2, 0.25) is 0 Å². The number of rotatable bonds is 10. The average Bonchev–Trinajstić information content (AvgIpc) is 2.81. The highest BCUT2D eigenvalue weighted by Gasteiger charge is 2.14. The first kappa shape index (κ1) is 22.4. The van der Waals surface area contributed by atoms with Gasteiger partial charge in [-0.2, -0.15) is 0 Å². The van der Waals surface area contributed by atoms with Gasteiger partial charge in [-0.05, 0) is 73.1 Å². The minimum absolute atomic E-state index is 0.428. The molecule has 0 unspecified atom stereocenters. The van der Waals surface area contributed by atoms with Crippen LogP contribution in [0.1, 0.15) is 40.7 Å². The van der Waals surface area contributed by atoms with Gasteiger partial charge in [0.1, 0.15) is 0 Å². The Hall–Kier alpha value is -3.31. The number of nitrogens with one attached hydrogen (secondary N) is 1. The van der Waals surface area contributed by atoms with E-state index in [0.29, 0.717) is 23.7 Å². The quantitative estimate of drug-likeness (QED) is 0.256. The van der Waals surface area contributed by atoms with Crippen molar-refractivity contribution in [2.24, 2.45) is 0 Å². The number of hydrogen-bond acceptors (Lipinski definition) is 4. The van der Waals surface area contributed by atoms with Crippen molar-refractivity contribution >= 4 is 5.91 Å². The number of hydroxylamine groups is 1. The third-order valence-corrected chi connectivity index (χ3v) is 5.36. The maximum atomic E-state index is 11.9. The summed E-state index contributed by atoms with van der Waals surface area (Å²) in [6, 6.07) is 21.7. The van der Waals surface area contributed by atoms with E-state index in [9.17, 15) is 4.79 Å². The first-order valence-corrected chi connectivity index (χ1v) is 10.5. The fourth-order valence-corrected chi connectivity index (χ4v) is 3.65. The van der Waals surface area contributed by atoms with Gasteiger partial charge in [-0.25, -0.2) is 5.48 Å². The molecule has 1 amide bonds. The summed E-state index contributed by atoms with van der Waals surface area (Å²) >= 11 is 0. The van der Waals surface area contributed by atoms with Gasteiger partial charge >= 0.3 is 0 Å². The molecule has 0 aliphatic rings. The molecule has 0 bridgehead atoms. The maximum absolute atomic E-state index is 11.9. The molecule has 5 heteroatoms. The highest BCUT2D eigenvalue weighted by atomic mass is 16.5. The summed E-state index contributed by atoms with van der Waals surface area (Å²) in [6.45, 7) is 2.47. The third kappa shape index (κ3) is 5.86. The molecule has 0 saturated carbocycles. The SMILES string of the molecule is COc1ccc(-c2cccc(C(=O)NO)c2C)cc1OCCCCCc1ccccc1. The second kappa shape index (κ2) is 11.2. The first-order chi connectivity index (χ1) is 15.1. The molecule has 0 radical (unpaired) electrons. The van der Waals surface area contributed by atoms with Crippen LogP contribution in [-0.4, -0.2) is 24.8 Å². The van der Waals surface area contributed by atoms with E-state index >= 15 is 0 Å². The monoisotopic (exact) mass is 419 g/mol. The number of aryl methyl sites for hydroxylation is 1. The molecule has 0 atom stereocenters. The Morgan fingerprint density at radius 1 is 0.935 bits per heavy atom. The molecule has 3 aromatic rings. The number of carbonyl (C=O) groups excluding carboxylic acids is 1. The topological polar surface area (TPSA) is 67.8 Å². The Morgan fingerprint density at radius 3 is 2.48 bits per heavy atom. The molecule has 5 nitrogen and oxygen atoms in total. The molecule has 0 saturated heterocycles. The van der Waals surface area contributed by atoms with Crippen LogP contribution in [0.15, 0.2) is 66.7 Å². The highest BCUT2D eigenvalue weighted by molar-refractivity contribution is 5.96. The van der Waals surface area contributed by atoms with E-state index in [2.05, 4.69) is 24.3 Å². The van der Waals surface area contributed by atoms with Gasteiger partial charge in [0.2, 0.25) is 0 Å². The Labute approximate surface area is 183 Å². The minimum Gasteiger partial charge on any atom is -0.493 e. The number of benzene rings is 3. The second-order valence-electron chi connectivity index (χ2n) is 7.43. The van der Waals surface area contributed by atoms with Crippen molar-refractivity contribution in [3.8, 4) is 22.6 Å². The van der Waals surface area contributed by atoms with Gasteiger partial charge < -0.3 is 9.47 Å². The van der Waals surface area contributed by atoms with Gasteiger partial charge in [0.05, 0.1) is 13.7 Å². The molecule has 2 N–H and O–H groups in total. The molecule has 31 heavy (non-hydrogen) atoms. The number of unbranched alkanes of at least 4 members (excludes halogenated alkanes) is 2. The van der Waals surface area contributed by atoms with Gasteiger partial charge in [-0.1, -0.05) is 48.5 Å². The standard InChI is InChI=1S/C26H29NO4/c1-19-22(13-9-14-23(19)26(28)27-29)21-15-16-24(30-2)25(18-21)31-17-8-4-7-12-20-10-5-3-6-11-20/h3,5-6,9-11,13-16,18,29H,4,7-8,12,17H2,1-2H3,(H,27,28). The van der Waals surface area contributed by atoms with Crippen LogP contribution in [0.4, 0.5) is 0 Å². The summed E-state index contributed by atoms with van der Waals surface area (Å²) in [5, 5.41) is 8.97. The Balaban J connectivity index is 1.64. The number of amides is 1. The fourth-order valence-electron chi connectivity index (χ4n) is 3.65. The van der Waals surface area contributed by atoms with Gasteiger partial charge in [0.15, 0.2) is 11.5 Å². The van der Waals surface area contributed by atoms with Crippen LogP contribution in [-0.2, 0) is 6.42 Å². The second-order valence-corrected chi connectivity index (χ2v) is 7.43. The van der Waals surface area contributed by atoms with Crippen LogP contribution in [0.3, 0.4) is 0 Å². The molecule has 0 aliphatic heterocycles. The largest absolute Gasteiger partial charge is 0.493 e. The van der Waals surface area contributed by atoms with Crippen molar-refractivity contribution in [3.63, 3.8) is 0 Å². The zero-order chi connectivity index (χ0) is 22.1. The smallest absolute Gasteiger partial charge is 0.274 e. The van der Waals surface area contributed by atoms with Crippen LogP contribution < -0.4 is 15.0 Å². The van der Waals surface area contributed by atoms with Crippen LogP contribution in [0, 0.1) is 6.92 Å². The summed E-state index contributed by atoms with van der Waals surface area (Å²) in [5.74, 6) is 0.828. The maximum Gasteiger partial charge on any atom is 0.274 e. The van der Waals surface area contributed by atoms with E-state index < -0.39 is 5.91 Å². The van der Waals surface area contributed by atoms with Gasteiger partial charge in [0.25, 0.3) is 5.91 Å². The molecule has 0 heterocycles. The van der Waals surface area contributed by atoms with Gasteiger partial charge in [-0.15, -0.1) is 0 Å². The molecule has 3 aromatic carbocycles. The summed E-state index contributed by atoms with van der Waals surface area (Å²) in [4.78, 5) is 11.9. The predicted molar refractivity (Wildman–Crippen MR) is 122 cm³/mol. The lowest BCUT2D eigenvalue weighted by molar-refractivity contribution is 0.0705. The number of hydrogen-bond donors (Lipinski definition) is 2. The van der Waals surface area contributed by atoms with E-state index in [-0.39, 0.29) is 0 Å². The molecular formula is C26H29NO4. The van der Waals surface area contributed by atoms with Crippen molar-refractivity contribution in [1.82, 2.24) is 5.48 Å². The van der Waals surface area contributed by atoms with Crippen molar-refractivity contribution in [3.05, 3.63) is 83.4 Å². The first-order valence-electron chi connectivity index (χ1n) is 10.5. The molecule has 3 rings (SSSR count). The lowest BCUT2D eigenvalue weighted by atomic mass is 9.96. The van der Waals surface area contributed by atoms with Crippen molar-refractivity contribution in [2.75, 3.05) is 13.7 Å². The Morgan fingerprint density at radius 2 is 1.74 bits per heavy atom. The van der Waals surface area contributed by atoms with E-state index in [1.807, 2.05) is 37.3 Å². The normalized spacial score (nSPS) is 10.5. The van der Waals surface area contributed by atoms with Crippen LogP contribution in [0.5, 0.6) is 11.5 Å². The zero-order valence-electron chi connectivity index (χ0n) is 18.1. The number of methoxy groups -OCH3 is 1. The number of carbonyl (C=O) groups is 1. The van der Waals surface area contributed by atoms with Gasteiger partial charge in [0, 0.05) is 5.56 Å². The van der Waals surface area contributed by atoms with E-state index in [0.717, 1.165) is 42.4 Å². The molecule has 162 valence electrons. The Kier molecular flexibility index (Phi) is 8.07. The average molecular weight is 420 g/mol. The van der Waals surface area contributed by atoms with E-state index in [1.165, 1.54) is 5.56 Å². The van der Waals surface area contributed by atoms with Crippen molar-refractivity contribution in [1.29, 1.82) is 0 Å².